The SMILES string of the molecule is CC(C)C[C@H](N)c1n[nH]c(=O)n1Cc1ccccc1. The predicted octanol–water partition coefficient (Wildman–Crippen LogP) is 1.67. The molecule has 5 nitrogen and oxygen atoms in total. The number of aromatic nitrogens is 3. The number of aromatic amines is 1. The first-order valence-corrected chi connectivity index (χ1v) is 6.52. The maximum Gasteiger partial charge on any atom is 0.343 e. The number of hydrogen-bond acceptors (Lipinski definition) is 3. The Morgan fingerprint density at radius 1 is 1.32 bits per heavy atom. The summed E-state index contributed by atoms with van der Waals surface area (Å²) in [6.45, 7) is 4.70. The third-order valence-electron chi connectivity index (χ3n) is 3.03. The lowest BCUT2D eigenvalue weighted by Crippen LogP contribution is -2.24. The summed E-state index contributed by atoms with van der Waals surface area (Å²) in [5.74, 6) is 1.09. The van der Waals surface area contributed by atoms with Gasteiger partial charge in [0.1, 0.15) is 0 Å². The van der Waals surface area contributed by atoms with E-state index in [9.17, 15) is 4.79 Å². The van der Waals surface area contributed by atoms with Crippen molar-refractivity contribution in [3.63, 3.8) is 0 Å². The van der Waals surface area contributed by atoms with E-state index < -0.39 is 0 Å². The number of nitrogens with one attached hydrogen (secondary N) is 1. The summed E-state index contributed by atoms with van der Waals surface area (Å²) < 4.78 is 1.61. The largest absolute Gasteiger partial charge is 0.343 e. The standard InChI is InChI=1S/C14H20N4O/c1-10(2)8-12(15)13-16-17-14(19)18(13)9-11-6-4-3-5-7-11/h3-7,10,12H,8-9,15H2,1-2H3,(H,17,19)/t12-/m0/s1. The average Bonchev–Trinajstić information content (AvgIpc) is 2.72. The Balaban J connectivity index is 2.25. The van der Waals surface area contributed by atoms with E-state index in [1.807, 2.05) is 30.3 Å². The van der Waals surface area contributed by atoms with Crippen molar-refractivity contribution in [1.29, 1.82) is 0 Å². The molecule has 1 heterocycles. The summed E-state index contributed by atoms with van der Waals surface area (Å²) in [5, 5.41) is 6.55. The minimum absolute atomic E-state index is 0.210. The molecule has 19 heavy (non-hydrogen) atoms. The van der Waals surface area contributed by atoms with Crippen molar-refractivity contribution < 1.29 is 0 Å². The van der Waals surface area contributed by atoms with Crippen LogP contribution in [-0.4, -0.2) is 14.8 Å². The van der Waals surface area contributed by atoms with Gasteiger partial charge in [-0.05, 0) is 17.9 Å². The second-order valence-corrected chi connectivity index (χ2v) is 5.19. The van der Waals surface area contributed by atoms with Crippen LogP contribution in [0.4, 0.5) is 0 Å². The molecule has 0 fully saturated rings. The second kappa shape index (κ2) is 5.84. The highest BCUT2D eigenvalue weighted by Crippen LogP contribution is 2.16. The van der Waals surface area contributed by atoms with Gasteiger partial charge in [-0.1, -0.05) is 44.2 Å². The molecular formula is C14H20N4O. The van der Waals surface area contributed by atoms with Crippen LogP contribution in [0, 0.1) is 5.92 Å². The molecule has 0 saturated heterocycles. The van der Waals surface area contributed by atoms with Crippen LogP contribution in [0.25, 0.3) is 0 Å². The van der Waals surface area contributed by atoms with Crippen LogP contribution in [0.1, 0.15) is 37.7 Å². The number of rotatable bonds is 5. The summed E-state index contributed by atoms with van der Waals surface area (Å²) in [7, 11) is 0. The Morgan fingerprint density at radius 2 is 2.00 bits per heavy atom. The third-order valence-corrected chi connectivity index (χ3v) is 3.03. The Bertz CT molecular complexity index is 571. The lowest BCUT2D eigenvalue weighted by atomic mass is 10.0. The van der Waals surface area contributed by atoms with Gasteiger partial charge in [-0.2, -0.15) is 5.10 Å². The van der Waals surface area contributed by atoms with E-state index in [1.165, 1.54) is 0 Å². The molecule has 0 radical (unpaired) electrons. The van der Waals surface area contributed by atoms with Crippen LogP contribution in [0.15, 0.2) is 35.1 Å². The molecule has 0 spiro atoms. The number of nitrogens with two attached hydrogens (primary N) is 1. The maximum atomic E-state index is 11.8. The van der Waals surface area contributed by atoms with Gasteiger partial charge in [0.05, 0.1) is 12.6 Å². The van der Waals surface area contributed by atoms with Crippen LogP contribution in [0.2, 0.25) is 0 Å². The van der Waals surface area contributed by atoms with E-state index >= 15 is 0 Å². The molecule has 5 heteroatoms. The molecule has 2 aromatic rings. The first-order chi connectivity index (χ1) is 9.08. The van der Waals surface area contributed by atoms with Gasteiger partial charge in [-0.15, -0.1) is 0 Å². The fourth-order valence-electron chi connectivity index (χ4n) is 2.14. The lowest BCUT2D eigenvalue weighted by Gasteiger charge is -2.14. The van der Waals surface area contributed by atoms with E-state index in [0.717, 1.165) is 12.0 Å². The highest BCUT2D eigenvalue weighted by molar-refractivity contribution is 5.15. The zero-order valence-electron chi connectivity index (χ0n) is 11.3. The highest BCUT2D eigenvalue weighted by atomic mass is 16.1. The third kappa shape index (κ3) is 3.32. The number of nitrogens with zero attached hydrogens (tertiary/aromatic N) is 2. The molecule has 102 valence electrons. The van der Waals surface area contributed by atoms with Gasteiger partial charge in [-0.3, -0.25) is 4.57 Å². The van der Waals surface area contributed by atoms with Gasteiger partial charge in [-0.25, -0.2) is 9.89 Å². The topological polar surface area (TPSA) is 76.7 Å². The van der Waals surface area contributed by atoms with Crippen LogP contribution >= 0.6 is 0 Å². The van der Waals surface area contributed by atoms with Crippen molar-refractivity contribution in [2.45, 2.75) is 32.9 Å². The fourth-order valence-corrected chi connectivity index (χ4v) is 2.14. The molecule has 3 N–H and O–H groups in total. The van der Waals surface area contributed by atoms with Gasteiger partial charge >= 0.3 is 5.69 Å². The van der Waals surface area contributed by atoms with Gasteiger partial charge in [0.2, 0.25) is 0 Å². The Labute approximate surface area is 112 Å². The normalized spacial score (nSPS) is 12.8. The van der Waals surface area contributed by atoms with E-state index in [1.54, 1.807) is 4.57 Å². The molecule has 0 bridgehead atoms. The monoisotopic (exact) mass is 260 g/mol. The molecule has 0 aliphatic heterocycles. The zero-order valence-corrected chi connectivity index (χ0v) is 11.3. The van der Waals surface area contributed by atoms with Crippen molar-refractivity contribution >= 4 is 0 Å². The van der Waals surface area contributed by atoms with Crippen molar-refractivity contribution in [2.24, 2.45) is 11.7 Å². The zero-order chi connectivity index (χ0) is 13.8. The molecular weight excluding hydrogens is 240 g/mol. The molecule has 2 rings (SSSR count). The Kier molecular flexibility index (Phi) is 4.16. The van der Waals surface area contributed by atoms with E-state index in [0.29, 0.717) is 18.3 Å². The summed E-state index contributed by atoms with van der Waals surface area (Å²) in [6, 6.07) is 9.60. The van der Waals surface area contributed by atoms with Gasteiger partial charge in [0.15, 0.2) is 5.82 Å². The van der Waals surface area contributed by atoms with Crippen molar-refractivity contribution in [3.8, 4) is 0 Å². The van der Waals surface area contributed by atoms with Crippen molar-refractivity contribution in [1.82, 2.24) is 14.8 Å². The maximum absolute atomic E-state index is 11.8. The average molecular weight is 260 g/mol. The van der Waals surface area contributed by atoms with Gasteiger partial charge < -0.3 is 5.73 Å². The minimum Gasteiger partial charge on any atom is -0.321 e. The van der Waals surface area contributed by atoms with E-state index in [2.05, 4.69) is 24.0 Å². The smallest absolute Gasteiger partial charge is 0.321 e. The molecule has 1 atom stereocenters. The van der Waals surface area contributed by atoms with Crippen molar-refractivity contribution in [2.75, 3.05) is 0 Å². The molecule has 1 aromatic heterocycles. The van der Waals surface area contributed by atoms with Crippen LogP contribution < -0.4 is 11.4 Å². The van der Waals surface area contributed by atoms with Gasteiger partial charge in [0, 0.05) is 0 Å². The molecule has 0 aliphatic rings. The minimum atomic E-state index is -0.220. The molecule has 0 aliphatic carbocycles. The van der Waals surface area contributed by atoms with Crippen LogP contribution in [0.5, 0.6) is 0 Å². The van der Waals surface area contributed by atoms with Gasteiger partial charge in [0.25, 0.3) is 0 Å². The first-order valence-electron chi connectivity index (χ1n) is 6.52. The highest BCUT2D eigenvalue weighted by Gasteiger charge is 2.17. The van der Waals surface area contributed by atoms with Crippen molar-refractivity contribution in [3.05, 3.63) is 52.2 Å². The molecule has 1 aromatic carbocycles. The summed E-state index contributed by atoms with van der Waals surface area (Å²) in [6.07, 6.45) is 0.805. The van der Waals surface area contributed by atoms with E-state index in [-0.39, 0.29) is 11.7 Å². The molecule has 0 unspecified atom stereocenters. The Hall–Kier alpha value is -1.88. The second-order valence-electron chi connectivity index (χ2n) is 5.19. The lowest BCUT2D eigenvalue weighted by molar-refractivity contribution is 0.477. The Morgan fingerprint density at radius 3 is 2.63 bits per heavy atom. The fraction of sp³-hybridized carbons (Fsp3) is 0.429. The first kappa shape index (κ1) is 13.5. The van der Waals surface area contributed by atoms with E-state index in [4.69, 9.17) is 5.73 Å². The quantitative estimate of drug-likeness (QED) is 0.858. The summed E-state index contributed by atoms with van der Waals surface area (Å²) >= 11 is 0. The number of H-pyrrole nitrogens is 1. The van der Waals surface area contributed by atoms with Crippen LogP contribution in [-0.2, 0) is 6.54 Å². The summed E-state index contributed by atoms with van der Waals surface area (Å²) in [4.78, 5) is 11.8. The van der Waals surface area contributed by atoms with Crippen LogP contribution in [0.3, 0.4) is 0 Å². The molecule has 0 amide bonds. The number of benzene rings is 1. The molecule has 0 saturated carbocycles. The predicted molar refractivity (Wildman–Crippen MR) is 74.8 cm³/mol. The number of hydrogen-bond donors (Lipinski definition) is 2. The summed E-state index contributed by atoms with van der Waals surface area (Å²) in [5.41, 5.74) is 6.97.